The van der Waals surface area contributed by atoms with Gasteiger partial charge in [-0.3, -0.25) is 4.79 Å². The molecule has 0 aromatic heterocycles. The number of benzene rings is 1. The van der Waals surface area contributed by atoms with Crippen molar-refractivity contribution in [3.8, 4) is 0 Å². The summed E-state index contributed by atoms with van der Waals surface area (Å²) < 4.78 is 0. The van der Waals surface area contributed by atoms with E-state index in [9.17, 15) is 4.79 Å². The Balaban J connectivity index is 1.71. The van der Waals surface area contributed by atoms with Crippen LogP contribution in [0, 0.1) is 6.92 Å². The first-order chi connectivity index (χ1) is 8.13. The van der Waals surface area contributed by atoms with Crippen molar-refractivity contribution in [2.24, 2.45) is 0 Å². The van der Waals surface area contributed by atoms with Gasteiger partial charge in [0.1, 0.15) is 0 Å². The van der Waals surface area contributed by atoms with Crippen molar-refractivity contribution >= 4 is 11.6 Å². The summed E-state index contributed by atoms with van der Waals surface area (Å²) >= 11 is 0. The van der Waals surface area contributed by atoms with Crippen molar-refractivity contribution in [3.63, 3.8) is 0 Å². The fourth-order valence-corrected chi connectivity index (χ4v) is 1.83. The number of hydrogen-bond donors (Lipinski definition) is 3. The summed E-state index contributed by atoms with van der Waals surface area (Å²) in [5, 5.41) is 15.0. The summed E-state index contributed by atoms with van der Waals surface area (Å²) in [6, 6.07) is 7.99. The van der Waals surface area contributed by atoms with E-state index in [0.29, 0.717) is 6.54 Å². The van der Waals surface area contributed by atoms with Crippen LogP contribution in [0.5, 0.6) is 0 Å². The molecular formula is C13H18N2O2. The monoisotopic (exact) mass is 234 g/mol. The minimum Gasteiger partial charge on any atom is -0.393 e. The van der Waals surface area contributed by atoms with Crippen molar-refractivity contribution in [2.75, 3.05) is 11.9 Å². The van der Waals surface area contributed by atoms with Gasteiger partial charge in [0.2, 0.25) is 5.91 Å². The Morgan fingerprint density at radius 1 is 1.35 bits per heavy atom. The number of rotatable bonds is 4. The molecule has 17 heavy (non-hydrogen) atoms. The van der Waals surface area contributed by atoms with E-state index in [1.807, 2.05) is 31.2 Å². The molecule has 0 spiro atoms. The second kappa shape index (κ2) is 5.29. The van der Waals surface area contributed by atoms with Gasteiger partial charge in [-0.1, -0.05) is 17.7 Å². The van der Waals surface area contributed by atoms with Crippen molar-refractivity contribution in [3.05, 3.63) is 29.8 Å². The summed E-state index contributed by atoms with van der Waals surface area (Å²) in [7, 11) is 0. The maximum absolute atomic E-state index is 11.6. The number of amides is 1. The lowest BCUT2D eigenvalue weighted by Gasteiger charge is -2.31. The second-order valence-corrected chi connectivity index (χ2v) is 4.62. The molecule has 0 bridgehead atoms. The SMILES string of the molecule is Cc1ccc(NC(=O)CNC2CC(O)C2)cc1. The topological polar surface area (TPSA) is 61.4 Å². The average molecular weight is 234 g/mol. The van der Waals surface area contributed by atoms with Crippen LogP contribution in [0.1, 0.15) is 18.4 Å². The van der Waals surface area contributed by atoms with Crippen LogP contribution in [0.3, 0.4) is 0 Å². The van der Waals surface area contributed by atoms with Crippen LogP contribution in [-0.2, 0) is 4.79 Å². The predicted molar refractivity (Wildman–Crippen MR) is 66.8 cm³/mol. The van der Waals surface area contributed by atoms with Gasteiger partial charge in [-0.2, -0.15) is 0 Å². The Kier molecular flexibility index (Phi) is 3.76. The molecule has 1 amide bonds. The van der Waals surface area contributed by atoms with E-state index >= 15 is 0 Å². The molecule has 0 atom stereocenters. The van der Waals surface area contributed by atoms with Crippen LogP contribution < -0.4 is 10.6 Å². The highest BCUT2D eigenvalue weighted by molar-refractivity contribution is 5.92. The largest absolute Gasteiger partial charge is 0.393 e. The van der Waals surface area contributed by atoms with Crippen LogP contribution in [0.15, 0.2) is 24.3 Å². The highest BCUT2D eigenvalue weighted by Crippen LogP contribution is 2.18. The number of aryl methyl sites for hydroxylation is 1. The Bertz CT molecular complexity index is 383. The van der Waals surface area contributed by atoms with Crippen LogP contribution >= 0.6 is 0 Å². The first-order valence-electron chi connectivity index (χ1n) is 5.91. The van der Waals surface area contributed by atoms with Crippen LogP contribution in [-0.4, -0.2) is 29.7 Å². The molecule has 4 nitrogen and oxygen atoms in total. The molecule has 2 rings (SSSR count). The molecule has 0 radical (unpaired) electrons. The third-order valence-corrected chi connectivity index (χ3v) is 3.00. The minimum absolute atomic E-state index is 0.0461. The second-order valence-electron chi connectivity index (χ2n) is 4.62. The predicted octanol–water partition coefficient (Wildman–Crippen LogP) is 1.05. The Hall–Kier alpha value is -1.39. The van der Waals surface area contributed by atoms with E-state index in [-0.39, 0.29) is 18.1 Å². The van der Waals surface area contributed by atoms with Gasteiger partial charge in [-0.15, -0.1) is 0 Å². The van der Waals surface area contributed by atoms with Crippen LogP contribution in [0.4, 0.5) is 5.69 Å². The molecule has 0 saturated heterocycles. The molecule has 1 aliphatic carbocycles. The van der Waals surface area contributed by atoms with E-state index < -0.39 is 0 Å². The first-order valence-corrected chi connectivity index (χ1v) is 5.91. The molecule has 1 saturated carbocycles. The molecule has 3 N–H and O–H groups in total. The van der Waals surface area contributed by atoms with Gasteiger partial charge in [0.15, 0.2) is 0 Å². The molecule has 0 aliphatic heterocycles. The standard InChI is InChI=1S/C13H18N2O2/c1-9-2-4-10(5-3-9)15-13(17)8-14-11-6-12(16)7-11/h2-5,11-12,14,16H,6-8H2,1H3,(H,15,17). The summed E-state index contributed by atoms with van der Waals surface area (Å²) in [5.41, 5.74) is 1.99. The molecule has 1 aliphatic rings. The van der Waals surface area contributed by atoms with Gasteiger partial charge >= 0.3 is 0 Å². The zero-order chi connectivity index (χ0) is 12.3. The lowest BCUT2D eigenvalue weighted by molar-refractivity contribution is -0.115. The quantitative estimate of drug-likeness (QED) is 0.729. The van der Waals surface area contributed by atoms with Gasteiger partial charge in [0.05, 0.1) is 12.6 Å². The van der Waals surface area contributed by atoms with E-state index in [0.717, 1.165) is 18.5 Å². The van der Waals surface area contributed by atoms with Gasteiger partial charge in [0, 0.05) is 11.7 Å². The molecule has 0 heterocycles. The summed E-state index contributed by atoms with van der Waals surface area (Å²) in [6.07, 6.45) is 1.31. The number of carbonyl (C=O) groups excluding carboxylic acids is 1. The number of aliphatic hydroxyl groups excluding tert-OH is 1. The van der Waals surface area contributed by atoms with E-state index in [1.54, 1.807) is 0 Å². The molecular weight excluding hydrogens is 216 g/mol. The van der Waals surface area contributed by atoms with Gasteiger partial charge in [-0.05, 0) is 31.9 Å². The van der Waals surface area contributed by atoms with Gasteiger partial charge < -0.3 is 15.7 Å². The minimum atomic E-state index is -0.187. The van der Waals surface area contributed by atoms with E-state index in [4.69, 9.17) is 5.11 Å². The number of hydrogen-bond acceptors (Lipinski definition) is 3. The van der Waals surface area contributed by atoms with Crippen molar-refractivity contribution in [1.29, 1.82) is 0 Å². The average Bonchev–Trinajstić information content (AvgIpc) is 2.26. The van der Waals surface area contributed by atoms with Crippen molar-refractivity contribution in [2.45, 2.75) is 31.9 Å². The van der Waals surface area contributed by atoms with E-state index in [2.05, 4.69) is 10.6 Å². The number of anilines is 1. The van der Waals surface area contributed by atoms with E-state index in [1.165, 1.54) is 5.56 Å². The Labute approximate surface area is 101 Å². The number of carbonyl (C=O) groups is 1. The lowest BCUT2D eigenvalue weighted by Crippen LogP contribution is -2.46. The van der Waals surface area contributed by atoms with Crippen LogP contribution in [0.2, 0.25) is 0 Å². The fourth-order valence-electron chi connectivity index (χ4n) is 1.83. The lowest BCUT2D eigenvalue weighted by atomic mass is 9.89. The molecule has 1 fully saturated rings. The molecule has 0 unspecified atom stereocenters. The maximum atomic E-state index is 11.6. The summed E-state index contributed by atoms with van der Waals surface area (Å²) in [6.45, 7) is 2.31. The third kappa shape index (κ3) is 3.54. The number of aliphatic hydroxyl groups is 1. The van der Waals surface area contributed by atoms with Gasteiger partial charge in [0.25, 0.3) is 0 Å². The third-order valence-electron chi connectivity index (χ3n) is 3.00. The fraction of sp³-hybridized carbons (Fsp3) is 0.462. The molecule has 1 aromatic carbocycles. The molecule has 92 valence electrons. The number of nitrogens with one attached hydrogen (secondary N) is 2. The molecule has 4 heteroatoms. The summed E-state index contributed by atoms with van der Waals surface area (Å²) in [5.74, 6) is -0.0461. The normalized spacial score (nSPS) is 22.9. The molecule has 1 aromatic rings. The highest BCUT2D eigenvalue weighted by Gasteiger charge is 2.26. The zero-order valence-electron chi connectivity index (χ0n) is 9.94. The summed E-state index contributed by atoms with van der Waals surface area (Å²) in [4.78, 5) is 11.6. The zero-order valence-corrected chi connectivity index (χ0v) is 9.94. The van der Waals surface area contributed by atoms with Gasteiger partial charge in [-0.25, -0.2) is 0 Å². The van der Waals surface area contributed by atoms with Crippen molar-refractivity contribution in [1.82, 2.24) is 5.32 Å². The highest BCUT2D eigenvalue weighted by atomic mass is 16.3. The first kappa shape index (κ1) is 12.1. The smallest absolute Gasteiger partial charge is 0.238 e. The Morgan fingerprint density at radius 2 is 2.00 bits per heavy atom. The maximum Gasteiger partial charge on any atom is 0.238 e. The van der Waals surface area contributed by atoms with Crippen molar-refractivity contribution < 1.29 is 9.90 Å². The van der Waals surface area contributed by atoms with Crippen LogP contribution in [0.25, 0.3) is 0 Å². The Morgan fingerprint density at radius 3 is 2.59 bits per heavy atom.